The number of halogens is 1. The highest BCUT2D eigenvalue weighted by molar-refractivity contribution is 6.51. The molecule has 2 heterocycles. The number of carbonyl (C=O) groups excluding carboxylic acids is 2. The topological polar surface area (TPSA) is 79.7 Å². The third-order valence-electron chi connectivity index (χ3n) is 5.03. The first-order chi connectivity index (χ1) is 15.4. The fourth-order valence-electron chi connectivity index (χ4n) is 3.70. The van der Waals surface area contributed by atoms with E-state index in [-0.39, 0.29) is 17.4 Å². The minimum Gasteiger partial charge on any atom is -0.507 e. The first-order valence-corrected chi connectivity index (χ1v) is 10.5. The molecule has 1 unspecified atom stereocenters. The van der Waals surface area contributed by atoms with E-state index in [2.05, 4.69) is 4.98 Å². The van der Waals surface area contributed by atoms with Crippen molar-refractivity contribution in [1.29, 1.82) is 0 Å². The van der Waals surface area contributed by atoms with Gasteiger partial charge in [-0.3, -0.25) is 19.5 Å². The molecule has 162 valence electrons. The number of ether oxygens (including phenoxy) is 1. The molecular formula is C25H21ClN2O4. The zero-order valence-electron chi connectivity index (χ0n) is 17.5. The Balaban J connectivity index is 1.85. The van der Waals surface area contributed by atoms with Gasteiger partial charge in [-0.2, -0.15) is 0 Å². The Morgan fingerprint density at radius 1 is 1.09 bits per heavy atom. The molecule has 32 heavy (non-hydrogen) atoms. The van der Waals surface area contributed by atoms with Crippen LogP contribution in [-0.4, -0.2) is 27.9 Å². The summed E-state index contributed by atoms with van der Waals surface area (Å²) in [4.78, 5) is 31.6. The molecule has 1 fully saturated rings. The Hall–Kier alpha value is -3.64. The van der Waals surface area contributed by atoms with Crippen LogP contribution in [0.5, 0.6) is 5.75 Å². The van der Waals surface area contributed by atoms with Gasteiger partial charge in [0.1, 0.15) is 11.5 Å². The number of benzene rings is 2. The zero-order valence-corrected chi connectivity index (χ0v) is 18.3. The van der Waals surface area contributed by atoms with Crippen LogP contribution in [0.25, 0.3) is 5.76 Å². The van der Waals surface area contributed by atoms with Crippen molar-refractivity contribution in [2.24, 2.45) is 0 Å². The van der Waals surface area contributed by atoms with Gasteiger partial charge in [0.25, 0.3) is 11.7 Å². The number of pyridine rings is 1. The lowest BCUT2D eigenvalue weighted by Crippen LogP contribution is -2.29. The van der Waals surface area contributed by atoms with Crippen LogP contribution in [0.4, 0.5) is 5.69 Å². The number of Topliss-reactive ketones (excluding diaryl/α,β-unsaturated/α-hetero) is 1. The molecule has 1 aliphatic rings. The predicted molar refractivity (Wildman–Crippen MR) is 123 cm³/mol. The number of rotatable bonds is 5. The van der Waals surface area contributed by atoms with Crippen molar-refractivity contribution in [2.45, 2.75) is 26.0 Å². The van der Waals surface area contributed by atoms with E-state index < -0.39 is 17.7 Å². The summed E-state index contributed by atoms with van der Waals surface area (Å²) < 4.78 is 5.64. The highest BCUT2D eigenvalue weighted by Crippen LogP contribution is 2.42. The van der Waals surface area contributed by atoms with E-state index in [0.717, 1.165) is 0 Å². The van der Waals surface area contributed by atoms with Gasteiger partial charge in [-0.1, -0.05) is 23.7 Å². The normalized spacial score (nSPS) is 17.8. The number of hydrogen-bond donors (Lipinski definition) is 1. The largest absolute Gasteiger partial charge is 0.507 e. The number of anilines is 1. The number of amides is 1. The van der Waals surface area contributed by atoms with Gasteiger partial charge in [-0.15, -0.1) is 0 Å². The van der Waals surface area contributed by atoms with Crippen molar-refractivity contribution in [3.05, 3.63) is 94.8 Å². The van der Waals surface area contributed by atoms with Crippen molar-refractivity contribution in [1.82, 2.24) is 4.98 Å². The van der Waals surface area contributed by atoms with Crippen LogP contribution in [0.2, 0.25) is 5.02 Å². The fourth-order valence-corrected chi connectivity index (χ4v) is 3.88. The van der Waals surface area contributed by atoms with E-state index in [0.29, 0.717) is 27.6 Å². The maximum atomic E-state index is 13.1. The molecule has 1 aromatic heterocycles. The molecule has 0 saturated carbocycles. The average Bonchev–Trinajstić information content (AvgIpc) is 3.05. The molecule has 1 N–H and O–H groups in total. The smallest absolute Gasteiger partial charge is 0.300 e. The summed E-state index contributed by atoms with van der Waals surface area (Å²) in [7, 11) is 0. The molecule has 0 radical (unpaired) electrons. The zero-order chi connectivity index (χ0) is 22.8. The first-order valence-electron chi connectivity index (χ1n) is 10.1. The number of hydrogen-bond acceptors (Lipinski definition) is 5. The van der Waals surface area contributed by atoms with Crippen molar-refractivity contribution < 1.29 is 19.4 Å². The summed E-state index contributed by atoms with van der Waals surface area (Å²) in [6, 6.07) is 16.0. The number of aromatic nitrogens is 1. The number of aliphatic hydroxyl groups is 1. The number of ketones is 1. The number of nitrogens with zero attached hydrogens (tertiary/aromatic N) is 2. The minimum absolute atomic E-state index is 0.00282. The molecular weight excluding hydrogens is 428 g/mol. The van der Waals surface area contributed by atoms with E-state index in [1.807, 2.05) is 13.8 Å². The van der Waals surface area contributed by atoms with E-state index in [9.17, 15) is 14.7 Å². The van der Waals surface area contributed by atoms with Gasteiger partial charge >= 0.3 is 0 Å². The SMILES string of the molecule is CC(C)Oc1ccc(/C(O)=C2\C(=O)C(=O)N(c3cccc(Cl)c3)C2c2cccnc2)cc1. The fraction of sp³-hybridized carbons (Fsp3) is 0.160. The third-order valence-corrected chi connectivity index (χ3v) is 5.27. The van der Waals surface area contributed by atoms with Crippen LogP contribution in [-0.2, 0) is 9.59 Å². The van der Waals surface area contributed by atoms with Gasteiger partial charge in [0, 0.05) is 28.7 Å². The van der Waals surface area contributed by atoms with Gasteiger partial charge in [0.05, 0.1) is 17.7 Å². The Kier molecular flexibility index (Phi) is 5.97. The summed E-state index contributed by atoms with van der Waals surface area (Å²) in [5.41, 5.74) is 1.43. The lowest BCUT2D eigenvalue weighted by molar-refractivity contribution is -0.132. The molecule has 1 saturated heterocycles. The second-order valence-electron chi connectivity index (χ2n) is 7.63. The molecule has 0 spiro atoms. The lowest BCUT2D eigenvalue weighted by atomic mass is 9.96. The monoisotopic (exact) mass is 448 g/mol. The second-order valence-corrected chi connectivity index (χ2v) is 8.06. The van der Waals surface area contributed by atoms with E-state index in [4.69, 9.17) is 16.3 Å². The highest BCUT2D eigenvalue weighted by atomic mass is 35.5. The summed E-state index contributed by atoms with van der Waals surface area (Å²) in [5, 5.41) is 11.6. The van der Waals surface area contributed by atoms with E-state index in [1.165, 1.54) is 4.90 Å². The maximum absolute atomic E-state index is 13.1. The summed E-state index contributed by atoms with van der Waals surface area (Å²) in [6.45, 7) is 3.83. The number of aliphatic hydroxyl groups excluding tert-OH is 1. The molecule has 3 aromatic rings. The van der Waals surface area contributed by atoms with Crippen LogP contribution in [0.3, 0.4) is 0 Å². The Bertz CT molecular complexity index is 1190. The molecule has 1 aliphatic heterocycles. The van der Waals surface area contributed by atoms with Gasteiger partial charge in [-0.05, 0) is 67.9 Å². The van der Waals surface area contributed by atoms with Crippen LogP contribution >= 0.6 is 11.6 Å². The quantitative estimate of drug-likeness (QED) is 0.332. The average molecular weight is 449 g/mol. The minimum atomic E-state index is -0.853. The summed E-state index contributed by atoms with van der Waals surface area (Å²) >= 11 is 6.14. The van der Waals surface area contributed by atoms with Crippen molar-refractivity contribution >= 4 is 34.7 Å². The Morgan fingerprint density at radius 3 is 2.47 bits per heavy atom. The lowest BCUT2D eigenvalue weighted by Gasteiger charge is -2.25. The van der Waals surface area contributed by atoms with Crippen LogP contribution in [0.1, 0.15) is 31.0 Å². The maximum Gasteiger partial charge on any atom is 0.300 e. The number of carbonyl (C=O) groups is 2. The Morgan fingerprint density at radius 2 is 1.84 bits per heavy atom. The summed E-state index contributed by atoms with van der Waals surface area (Å²) in [5.74, 6) is -1.15. The van der Waals surface area contributed by atoms with Crippen LogP contribution in [0.15, 0.2) is 78.6 Å². The second kappa shape index (κ2) is 8.85. The molecule has 4 rings (SSSR count). The van der Waals surface area contributed by atoms with Crippen LogP contribution < -0.4 is 9.64 Å². The third kappa shape index (κ3) is 4.09. The molecule has 1 amide bonds. The van der Waals surface area contributed by atoms with Crippen molar-refractivity contribution in [3.63, 3.8) is 0 Å². The molecule has 0 aliphatic carbocycles. The van der Waals surface area contributed by atoms with Crippen molar-refractivity contribution in [2.75, 3.05) is 4.90 Å². The van der Waals surface area contributed by atoms with Gasteiger partial charge < -0.3 is 9.84 Å². The molecule has 2 aromatic carbocycles. The van der Waals surface area contributed by atoms with Crippen LogP contribution in [0, 0.1) is 0 Å². The first kappa shape index (κ1) is 21.6. The Labute approximate surface area is 190 Å². The van der Waals surface area contributed by atoms with Crippen molar-refractivity contribution in [3.8, 4) is 5.75 Å². The predicted octanol–water partition coefficient (Wildman–Crippen LogP) is 5.15. The molecule has 7 heteroatoms. The molecule has 1 atom stereocenters. The highest BCUT2D eigenvalue weighted by Gasteiger charge is 2.47. The summed E-state index contributed by atoms with van der Waals surface area (Å²) in [6.07, 6.45) is 3.17. The van der Waals surface area contributed by atoms with E-state index >= 15 is 0 Å². The molecule has 6 nitrogen and oxygen atoms in total. The standard InChI is InChI=1S/C25H21ClN2O4/c1-15(2)32-20-10-8-16(9-11-20)23(29)21-22(17-5-4-12-27-14-17)28(25(31)24(21)30)19-7-3-6-18(26)13-19/h3-15,22,29H,1-2H3/b23-21+. The molecule has 0 bridgehead atoms. The van der Waals surface area contributed by atoms with E-state index in [1.54, 1.807) is 73.1 Å². The van der Waals surface area contributed by atoms with Gasteiger partial charge in [-0.25, -0.2) is 0 Å². The van der Waals surface area contributed by atoms with Gasteiger partial charge in [0.15, 0.2) is 0 Å². The van der Waals surface area contributed by atoms with Gasteiger partial charge in [0.2, 0.25) is 0 Å².